The maximum absolute atomic E-state index is 5.92. The van der Waals surface area contributed by atoms with Gasteiger partial charge < -0.3 is 11.1 Å². The molecule has 1 fully saturated rings. The van der Waals surface area contributed by atoms with Crippen molar-refractivity contribution in [2.24, 2.45) is 0 Å². The molecule has 0 radical (unpaired) electrons. The lowest BCUT2D eigenvalue weighted by Crippen LogP contribution is -2.44. The number of anilines is 2. The molecule has 1 saturated carbocycles. The van der Waals surface area contributed by atoms with Crippen molar-refractivity contribution in [3.05, 3.63) is 30.0 Å². The number of hydrogen-bond acceptors (Lipinski definition) is 3. The average molecular weight is 255 g/mol. The van der Waals surface area contributed by atoms with Crippen LogP contribution in [-0.4, -0.2) is 10.5 Å². The molecule has 0 unspecified atom stereocenters. The molecule has 3 nitrogen and oxygen atoms in total. The normalized spacial score (nSPS) is 17.2. The summed E-state index contributed by atoms with van der Waals surface area (Å²) >= 11 is 0. The molecule has 3 heteroatoms. The topological polar surface area (TPSA) is 50.9 Å². The van der Waals surface area contributed by atoms with Crippen LogP contribution in [0.4, 0.5) is 11.4 Å². The molecule has 0 amide bonds. The third-order valence-corrected chi connectivity index (χ3v) is 4.35. The summed E-state index contributed by atoms with van der Waals surface area (Å²) in [4.78, 5) is 4.58. The molecule has 1 aliphatic carbocycles. The minimum absolute atomic E-state index is 0.283. The van der Waals surface area contributed by atoms with Gasteiger partial charge in [-0.1, -0.05) is 6.92 Å². The first kappa shape index (κ1) is 12.3. The van der Waals surface area contributed by atoms with E-state index in [1.54, 1.807) is 0 Å². The molecule has 0 saturated heterocycles. The van der Waals surface area contributed by atoms with E-state index in [2.05, 4.69) is 23.3 Å². The van der Waals surface area contributed by atoms with Crippen molar-refractivity contribution in [3.8, 4) is 0 Å². The largest absolute Gasteiger partial charge is 0.399 e. The monoisotopic (exact) mass is 255 g/mol. The predicted molar refractivity (Wildman–Crippen MR) is 81.4 cm³/mol. The Balaban J connectivity index is 2.08. The van der Waals surface area contributed by atoms with Crippen LogP contribution < -0.4 is 11.1 Å². The molecule has 1 heterocycles. The van der Waals surface area contributed by atoms with Gasteiger partial charge in [0.2, 0.25) is 0 Å². The Morgan fingerprint density at radius 1 is 1.32 bits per heavy atom. The SMILES string of the molecule is CCC1(Nc2cc(C)nc3ccc(N)cc23)CCC1. The van der Waals surface area contributed by atoms with E-state index in [0.717, 1.165) is 28.7 Å². The van der Waals surface area contributed by atoms with Gasteiger partial charge in [0.1, 0.15) is 0 Å². The van der Waals surface area contributed by atoms with Gasteiger partial charge in [-0.3, -0.25) is 4.98 Å². The summed E-state index contributed by atoms with van der Waals surface area (Å²) in [6.07, 6.45) is 5.01. The van der Waals surface area contributed by atoms with E-state index in [1.807, 2.05) is 25.1 Å². The highest BCUT2D eigenvalue weighted by Crippen LogP contribution is 2.39. The van der Waals surface area contributed by atoms with E-state index in [4.69, 9.17) is 5.73 Å². The second kappa shape index (κ2) is 4.41. The minimum atomic E-state index is 0.283. The van der Waals surface area contributed by atoms with Gasteiger partial charge in [0.05, 0.1) is 5.52 Å². The van der Waals surface area contributed by atoms with Gasteiger partial charge in [-0.05, 0) is 56.9 Å². The number of nitrogens with two attached hydrogens (primary N) is 1. The molecule has 19 heavy (non-hydrogen) atoms. The lowest BCUT2D eigenvalue weighted by molar-refractivity contribution is 0.270. The fourth-order valence-corrected chi connectivity index (χ4v) is 2.94. The van der Waals surface area contributed by atoms with Crippen LogP contribution in [0.2, 0.25) is 0 Å². The van der Waals surface area contributed by atoms with Crippen molar-refractivity contribution in [2.45, 2.75) is 45.1 Å². The molecule has 100 valence electrons. The van der Waals surface area contributed by atoms with Crippen LogP contribution in [0.15, 0.2) is 24.3 Å². The predicted octanol–water partition coefficient (Wildman–Crippen LogP) is 3.87. The number of aromatic nitrogens is 1. The van der Waals surface area contributed by atoms with Gasteiger partial charge in [-0.15, -0.1) is 0 Å². The zero-order valence-corrected chi connectivity index (χ0v) is 11.7. The number of benzene rings is 1. The van der Waals surface area contributed by atoms with E-state index in [9.17, 15) is 0 Å². The Bertz CT molecular complexity index is 609. The summed E-state index contributed by atoms with van der Waals surface area (Å²) in [7, 11) is 0. The maximum Gasteiger partial charge on any atom is 0.0727 e. The third-order valence-electron chi connectivity index (χ3n) is 4.35. The standard InChI is InChI=1S/C16H21N3/c1-3-16(7-4-8-16)19-15-9-11(2)18-14-6-5-12(17)10-13(14)15/h5-6,9-10H,3-4,7-8,17H2,1-2H3,(H,18,19). The molecule has 3 rings (SSSR count). The van der Waals surface area contributed by atoms with Gasteiger partial charge in [-0.2, -0.15) is 0 Å². The van der Waals surface area contributed by atoms with Crippen molar-refractivity contribution < 1.29 is 0 Å². The molecule has 1 aliphatic rings. The molecule has 0 bridgehead atoms. The van der Waals surface area contributed by atoms with Crippen LogP contribution in [0.3, 0.4) is 0 Å². The first-order valence-electron chi connectivity index (χ1n) is 7.07. The molecule has 3 N–H and O–H groups in total. The molecule has 0 spiro atoms. The summed E-state index contributed by atoms with van der Waals surface area (Å²) < 4.78 is 0. The number of pyridine rings is 1. The second-order valence-electron chi connectivity index (χ2n) is 5.70. The Morgan fingerprint density at radius 3 is 2.74 bits per heavy atom. The van der Waals surface area contributed by atoms with E-state index in [1.165, 1.54) is 24.9 Å². The van der Waals surface area contributed by atoms with Gasteiger partial charge in [0, 0.05) is 28.0 Å². The van der Waals surface area contributed by atoms with Crippen LogP contribution in [0, 0.1) is 6.92 Å². The lowest BCUT2D eigenvalue weighted by Gasteiger charge is -2.43. The number of nitrogens with zero attached hydrogens (tertiary/aromatic N) is 1. The Labute approximate surface area is 114 Å². The molecule has 0 atom stereocenters. The quantitative estimate of drug-likeness (QED) is 0.819. The second-order valence-corrected chi connectivity index (χ2v) is 5.70. The third kappa shape index (κ3) is 2.14. The number of aryl methyl sites for hydroxylation is 1. The summed E-state index contributed by atoms with van der Waals surface area (Å²) in [6, 6.07) is 8.07. The Hall–Kier alpha value is -1.77. The van der Waals surface area contributed by atoms with Gasteiger partial charge in [0.15, 0.2) is 0 Å². The fourth-order valence-electron chi connectivity index (χ4n) is 2.94. The number of rotatable bonds is 3. The average Bonchev–Trinajstić information content (AvgIpc) is 2.34. The number of nitrogens with one attached hydrogen (secondary N) is 1. The molecule has 1 aromatic heterocycles. The highest BCUT2D eigenvalue weighted by molar-refractivity contribution is 5.93. The van der Waals surface area contributed by atoms with Gasteiger partial charge >= 0.3 is 0 Å². The Kier molecular flexibility index (Phi) is 2.85. The van der Waals surface area contributed by atoms with Crippen molar-refractivity contribution in [1.82, 2.24) is 4.98 Å². The molecule has 1 aromatic carbocycles. The highest BCUT2D eigenvalue weighted by atomic mass is 15.0. The van der Waals surface area contributed by atoms with E-state index in [0.29, 0.717) is 0 Å². The molecule has 0 aliphatic heterocycles. The number of nitrogen functional groups attached to an aromatic ring is 1. The summed E-state index contributed by atoms with van der Waals surface area (Å²) in [5, 5.41) is 4.89. The zero-order chi connectivity index (χ0) is 13.5. The Morgan fingerprint density at radius 2 is 2.11 bits per heavy atom. The van der Waals surface area contributed by atoms with Crippen molar-refractivity contribution in [2.75, 3.05) is 11.1 Å². The van der Waals surface area contributed by atoms with E-state index in [-0.39, 0.29) is 5.54 Å². The smallest absolute Gasteiger partial charge is 0.0727 e. The molecular weight excluding hydrogens is 234 g/mol. The lowest BCUT2D eigenvalue weighted by atomic mass is 9.74. The van der Waals surface area contributed by atoms with Crippen LogP contribution in [0.25, 0.3) is 10.9 Å². The van der Waals surface area contributed by atoms with Crippen LogP contribution >= 0.6 is 0 Å². The van der Waals surface area contributed by atoms with Crippen molar-refractivity contribution >= 4 is 22.3 Å². The number of hydrogen-bond donors (Lipinski definition) is 2. The molecular formula is C16H21N3. The maximum atomic E-state index is 5.92. The van der Waals surface area contributed by atoms with E-state index < -0.39 is 0 Å². The summed E-state index contributed by atoms with van der Waals surface area (Å²) in [5.41, 5.74) is 10.2. The van der Waals surface area contributed by atoms with Crippen LogP contribution in [0.5, 0.6) is 0 Å². The highest BCUT2D eigenvalue weighted by Gasteiger charge is 2.35. The summed E-state index contributed by atoms with van der Waals surface area (Å²) in [5.74, 6) is 0. The molecule has 2 aromatic rings. The van der Waals surface area contributed by atoms with Gasteiger partial charge in [0.25, 0.3) is 0 Å². The first-order valence-corrected chi connectivity index (χ1v) is 7.07. The fraction of sp³-hybridized carbons (Fsp3) is 0.438. The van der Waals surface area contributed by atoms with Crippen molar-refractivity contribution in [3.63, 3.8) is 0 Å². The van der Waals surface area contributed by atoms with Crippen molar-refractivity contribution in [1.29, 1.82) is 0 Å². The number of fused-ring (bicyclic) bond motifs is 1. The van der Waals surface area contributed by atoms with E-state index >= 15 is 0 Å². The first-order chi connectivity index (χ1) is 9.12. The van der Waals surface area contributed by atoms with Crippen LogP contribution in [-0.2, 0) is 0 Å². The zero-order valence-electron chi connectivity index (χ0n) is 11.7. The minimum Gasteiger partial charge on any atom is -0.399 e. The summed E-state index contributed by atoms with van der Waals surface area (Å²) in [6.45, 7) is 4.30. The van der Waals surface area contributed by atoms with Gasteiger partial charge in [-0.25, -0.2) is 0 Å². The van der Waals surface area contributed by atoms with Crippen LogP contribution in [0.1, 0.15) is 38.3 Å².